The number of carboxylic acids is 2. The van der Waals surface area contributed by atoms with Gasteiger partial charge < -0.3 is 14.9 Å². The van der Waals surface area contributed by atoms with Gasteiger partial charge >= 0.3 is 18.1 Å². The molecule has 0 heterocycles. The zero-order valence-corrected chi connectivity index (χ0v) is 12.0. The van der Waals surface area contributed by atoms with Crippen LogP contribution in [0.25, 0.3) is 0 Å². The van der Waals surface area contributed by atoms with E-state index in [1.807, 2.05) is 0 Å². The van der Waals surface area contributed by atoms with Crippen molar-refractivity contribution >= 4 is 11.9 Å². The number of alkyl halides is 3. The lowest BCUT2D eigenvalue weighted by Crippen LogP contribution is -2.08. The molecule has 0 bridgehead atoms. The topological polar surface area (TPSA) is 83.8 Å². The summed E-state index contributed by atoms with van der Waals surface area (Å²) >= 11 is 0. The van der Waals surface area contributed by atoms with E-state index in [9.17, 15) is 22.8 Å². The number of carboxylic acid groups (broad SMARTS) is 2. The summed E-state index contributed by atoms with van der Waals surface area (Å²) in [7, 11) is 0. The second-order valence-corrected chi connectivity index (χ2v) is 4.80. The van der Waals surface area contributed by atoms with Crippen molar-refractivity contribution in [3.05, 3.63) is 64.7 Å². The minimum atomic E-state index is -4.43. The Morgan fingerprint density at radius 3 is 2.00 bits per heavy atom. The van der Waals surface area contributed by atoms with Gasteiger partial charge in [0.05, 0.1) is 16.7 Å². The van der Waals surface area contributed by atoms with Gasteiger partial charge in [0.1, 0.15) is 12.4 Å². The van der Waals surface area contributed by atoms with E-state index >= 15 is 0 Å². The highest BCUT2D eigenvalue weighted by molar-refractivity contribution is 6.01. The average molecular weight is 340 g/mol. The first-order valence-electron chi connectivity index (χ1n) is 6.58. The largest absolute Gasteiger partial charge is 0.489 e. The number of aromatic carboxylic acids is 2. The molecule has 0 aliphatic carbocycles. The van der Waals surface area contributed by atoms with Gasteiger partial charge in [0.15, 0.2) is 0 Å². The van der Waals surface area contributed by atoms with E-state index in [1.165, 1.54) is 18.2 Å². The van der Waals surface area contributed by atoms with E-state index in [0.717, 1.165) is 24.3 Å². The van der Waals surface area contributed by atoms with Crippen LogP contribution in [0.5, 0.6) is 5.75 Å². The van der Waals surface area contributed by atoms with Crippen LogP contribution in [-0.4, -0.2) is 22.2 Å². The van der Waals surface area contributed by atoms with Crippen molar-refractivity contribution in [2.45, 2.75) is 12.8 Å². The molecule has 0 saturated carbocycles. The number of ether oxygens (including phenoxy) is 1. The molecule has 0 aliphatic heterocycles. The van der Waals surface area contributed by atoms with Crippen molar-refractivity contribution in [3.8, 4) is 5.75 Å². The summed E-state index contributed by atoms with van der Waals surface area (Å²) in [5.74, 6) is -2.72. The first kappa shape index (κ1) is 17.3. The van der Waals surface area contributed by atoms with E-state index in [0.29, 0.717) is 5.56 Å². The summed E-state index contributed by atoms with van der Waals surface area (Å²) in [5, 5.41) is 17.9. The van der Waals surface area contributed by atoms with Crippen LogP contribution < -0.4 is 4.74 Å². The molecule has 126 valence electrons. The van der Waals surface area contributed by atoms with Crippen molar-refractivity contribution < 1.29 is 37.7 Å². The van der Waals surface area contributed by atoms with Crippen molar-refractivity contribution in [3.63, 3.8) is 0 Å². The molecule has 0 aromatic heterocycles. The predicted molar refractivity (Wildman–Crippen MR) is 76.1 cm³/mol. The van der Waals surface area contributed by atoms with Gasteiger partial charge in [0.25, 0.3) is 0 Å². The maximum absolute atomic E-state index is 12.5. The van der Waals surface area contributed by atoms with Gasteiger partial charge in [-0.1, -0.05) is 12.1 Å². The summed E-state index contributed by atoms with van der Waals surface area (Å²) in [6.07, 6.45) is -4.43. The summed E-state index contributed by atoms with van der Waals surface area (Å²) in [6.45, 7) is -0.0936. The first-order chi connectivity index (χ1) is 11.2. The number of rotatable bonds is 5. The van der Waals surface area contributed by atoms with Gasteiger partial charge in [-0.15, -0.1) is 0 Å². The molecular formula is C16H11F3O5. The molecule has 0 atom stereocenters. The fourth-order valence-electron chi connectivity index (χ4n) is 1.93. The third-order valence-electron chi connectivity index (χ3n) is 3.14. The van der Waals surface area contributed by atoms with Crippen LogP contribution in [0.2, 0.25) is 0 Å². The average Bonchev–Trinajstić information content (AvgIpc) is 2.52. The molecule has 2 rings (SSSR count). The normalized spacial score (nSPS) is 11.1. The molecule has 5 nitrogen and oxygen atoms in total. The Morgan fingerprint density at radius 2 is 1.50 bits per heavy atom. The highest BCUT2D eigenvalue weighted by Gasteiger charge is 2.29. The third kappa shape index (κ3) is 4.03. The Kier molecular flexibility index (Phi) is 4.77. The smallest absolute Gasteiger partial charge is 0.416 e. The molecular weight excluding hydrogens is 329 g/mol. The SMILES string of the molecule is O=C(O)c1ccc(OCc2ccc(C(F)(F)F)cc2)cc1C(=O)O. The molecule has 0 fully saturated rings. The molecule has 0 spiro atoms. The van der Waals surface area contributed by atoms with E-state index in [4.69, 9.17) is 14.9 Å². The zero-order chi connectivity index (χ0) is 17.9. The fourth-order valence-corrected chi connectivity index (χ4v) is 1.93. The molecule has 0 unspecified atom stereocenters. The second kappa shape index (κ2) is 6.61. The molecule has 0 radical (unpaired) electrons. The minimum absolute atomic E-state index is 0.0936. The predicted octanol–water partition coefficient (Wildman–Crippen LogP) is 3.68. The zero-order valence-electron chi connectivity index (χ0n) is 12.0. The first-order valence-corrected chi connectivity index (χ1v) is 6.58. The Hall–Kier alpha value is -3.03. The van der Waals surface area contributed by atoms with Gasteiger partial charge in [-0.2, -0.15) is 13.2 Å². The number of hydrogen-bond acceptors (Lipinski definition) is 3. The lowest BCUT2D eigenvalue weighted by Gasteiger charge is -2.10. The summed E-state index contributed by atoms with van der Waals surface area (Å²) in [6, 6.07) is 7.73. The molecule has 8 heteroatoms. The van der Waals surface area contributed by atoms with E-state index in [-0.39, 0.29) is 17.9 Å². The van der Waals surface area contributed by atoms with E-state index in [1.54, 1.807) is 0 Å². The summed E-state index contributed by atoms with van der Waals surface area (Å²) in [5.41, 5.74) is -1.16. The maximum Gasteiger partial charge on any atom is 0.416 e. The Balaban J connectivity index is 2.13. The van der Waals surface area contributed by atoms with Crippen molar-refractivity contribution in [2.24, 2.45) is 0 Å². The lowest BCUT2D eigenvalue weighted by molar-refractivity contribution is -0.137. The molecule has 2 aromatic carbocycles. The van der Waals surface area contributed by atoms with Crippen molar-refractivity contribution in [2.75, 3.05) is 0 Å². The van der Waals surface area contributed by atoms with Gasteiger partial charge in [-0.3, -0.25) is 0 Å². The van der Waals surface area contributed by atoms with Crippen molar-refractivity contribution in [1.29, 1.82) is 0 Å². The van der Waals surface area contributed by atoms with Crippen LogP contribution in [0.1, 0.15) is 31.8 Å². The lowest BCUT2D eigenvalue weighted by atomic mass is 10.1. The second-order valence-electron chi connectivity index (χ2n) is 4.80. The van der Waals surface area contributed by atoms with E-state index in [2.05, 4.69) is 0 Å². The van der Waals surface area contributed by atoms with Crippen LogP contribution in [0.15, 0.2) is 42.5 Å². The molecule has 2 N–H and O–H groups in total. The Bertz CT molecular complexity index is 766. The number of hydrogen-bond donors (Lipinski definition) is 2. The fraction of sp³-hybridized carbons (Fsp3) is 0.125. The highest BCUT2D eigenvalue weighted by Crippen LogP contribution is 2.29. The van der Waals surface area contributed by atoms with Crippen LogP contribution in [0.3, 0.4) is 0 Å². The molecule has 0 saturated heterocycles. The van der Waals surface area contributed by atoms with Gasteiger partial charge in [-0.25, -0.2) is 9.59 Å². The monoisotopic (exact) mass is 340 g/mol. The molecule has 0 amide bonds. The highest BCUT2D eigenvalue weighted by atomic mass is 19.4. The molecule has 24 heavy (non-hydrogen) atoms. The Morgan fingerprint density at radius 1 is 0.917 bits per heavy atom. The standard InChI is InChI=1S/C16H11F3O5/c17-16(18,19)10-3-1-9(2-4-10)8-24-11-5-6-12(14(20)21)13(7-11)15(22)23/h1-7H,8H2,(H,20,21)(H,22,23). The number of benzene rings is 2. The molecule has 0 aliphatic rings. The van der Waals surface area contributed by atoms with E-state index < -0.39 is 29.2 Å². The van der Waals surface area contributed by atoms with Crippen LogP contribution in [0.4, 0.5) is 13.2 Å². The summed E-state index contributed by atoms with van der Waals surface area (Å²) in [4.78, 5) is 22.0. The minimum Gasteiger partial charge on any atom is -0.489 e. The van der Waals surface area contributed by atoms with Gasteiger partial charge in [-0.05, 0) is 35.9 Å². The van der Waals surface area contributed by atoms with Crippen LogP contribution >= 0.6 is 0 Å². The van der Waals surface area contributed by atoms with Gasteiger partial charge in [0, 0.05) is 0 Å². The van der Waals surface area contributed by atoms with Crippen LogP contribution in [-0.2, 0) is 12.8 Å². The quantitative estimate of drug-likeness (QED) is 0.867. The number of halogens is 3. The van der Waals surface area contributed by atoms with Crippen molar-refractivity contribution in [1.82, 2.24) is 0 Å². The summed E-state index contributed by atoms with van der Waals surface area (Å²) < 4.78 is 42.7. The number of carbonyl (C=O) groups is 2. The maximum atomic E-state index is 12.5. The molecule has 2 aromatic rings. The third-order valence-corrected chi connectivity index (χ3v) is 3.14. The van der Waals surface area contributed by atoms with Gasteiger partial charge in [0.2, 0.25) is 0 Å². The Labute approximate surface area is 133 Å². The van der Waals surface area contributed by atoms with Crippen LogP contribution in [0, 0.1) is 0 Å².